The minimum absolute atomic E-state index is 0.117. The highest BCUT2D eigenvalue weighted by molar-refractivity contribution is 5.94. The van der Waals surface area contributed by atoms with Crippen LogP contribution in [0.5, 0.6) is 5.75 Å². The van der Waals surface area contributed by atoms with Gasteiger partial charge in [0.2, 0.25) is 0 Å². The lowest BCUT2D eigenvalue weighted by molar-refractivity contribution is 0.0950. The zero-order valence-corrected chi connectivity index (χ0v) is 12.4. The molecule has 0 radical (unpaired) electrons. The van der Waals surface area contributed by atoms with Crippen LogP contribution in [0.25, 0.3) is 0 Å². The summed E-state index contributed by atoms with van der Waals surface area (Å²) < 4.78 is 5.63. The maximum Gasteiger partial charge on any atom is 0.251 e. The maximum atomic E-state index is 12.1. The van der Waals surface area contributed by atoms with Crippen molar-refractivity contribution in [1.82, 2.24) is 10.3 Å². The van der Waals surface area contributed by atoms with E-state index in [1.807, 2.05) is 24.3 Å². The summed E-state index contributed by atoms with van der Waals surface area (Å²) in [7, 11) is 0. The zero-order valence-electron chi connectivity index (χ0n) is 12.4. The molecule has 4 heteroatoms. The second-order valence-electron chi connectivity index (χ2n) is 5.28. The van der Waals surface area contributed by atoms with Crippen LogP contribution in [0.1, 0.15) is 29.8 Å². The molecule has 0 spiro atoms. The van der Waals surface area contributed by atoms with Crippen molar-refractivity contribution < 1.29 is 9.53 Å². The van der Waals surface area contributed by atoms with Crippen LogP contribution in [0.2, 0.25) is 0 Å². The van der Waals surface area contributed by atoms with Crippen LogP contribution in [-0.4, -0.2) is 17.5 Å². The second-order valence-corrected chi connectivity index (χ2v) is 5.28. The Hall–Kier alpha value is -2.36. The number of hydrogen-bond acceptors (Lipinski definition) is 3. The van der Waals surface area contributed by atoms with Crippen LogP contribution in [0.3, 0.4) is 0 Å². The second kappa shape index (κ2) is 7.43. The number of amides is 1. The Kier molecular flexibility index (Phi) is 5.32. The lowest BCUT2D eigenvalue weighted by Gasteiger charge is -2.10. The number of hydrogen-bond donors (Lipinski definition) is 1. The van der Waals surface area contributed by atoms with E-state index in [1.54, 1.807) is 24.5 Å². The average Bonchev–Trinajstić information content (AvgIpc) is 2.52. The van der Waals surface area contributed by atoms with Gasteiger partial charge in [0.1, 0.15) is 5.75 Å². The highest BCUT2D eigenvalue weighted by atomic mass is 16.5. The summed E-state index contributed by atoms with van der Waals surface area (Å²) in [5.74, 6) is 1.06. The number of carbonyl (C=O) groups is 1. The molecule has 0 saturated carbocycles. The minimum atomic E-state index is -0.117. The first kappa shape index (κ1) is 15.0. The number of rotatable bonds is 6. The smallest absolute Gasteiger partial charge is 0.251 e. The summed E-state index contributed by atoms with van der Waals surface area (Å²) in [4.78, 5) is 16.1. The van der Waals surface area contributed by atoms with Gasteiger partial charge in [0.05, 0.1) is 6.61 Å². The molecular weight excluding hydrogens is 264 g/mol. The topological polar surface area (TPSA) is 51.2 Å². The van der Waals surface area contributed by atoms with Crippen molar-refractivity contribution in [1.29, 1.82) is 0 Å². The van der Waals surface area contributed by atoms with Gasteiger partial charge in [-0.2, -0.15) is 0 Å². The Morgan fingerprint density at radius 2 is 2.14 bits per heavy atom. The van der Waals surface area contributed by atoms with Crippen molar-refractivity contribution in [2.24, 2.45) is 5.92 Å². The Labute approximate surface area is 125 Å². The first-order valence-corrected chi connectivity index (χ1v) is 7.05. The summed E-state index contributed by atoms with van der Waals surface area (Å²) in [6.07, 6.45) is 3.45. The molecule has 110 valence electrons. The molecule has 0 bridgehead atoms. The predicted octanol–water partition coefficient (Wildman–Crippen LogP) is 3.05. The SMILES string of the molecule is CC(C)COc1cccc(C(=O)NCc2cccnc2)c1. The fourth-order valence-electron chi connectivity index (χ4n) is 1.78. The third kappa shape index (κ3) is 4.91. The summed E-state index contributed by atoms with van der Waals surface area (Å²) >= 11 is 0. The molecule has 1 aromatic carbocycles. The molecule has 0 aliphatic heterocycles. The Balaban J connectivity index is 1.94. The zero-order chi connectivity index (χ0) is 15.1. The lowest BCUT2D eigenvalue weighted by atomic mass is 10.2. The molecule has 0 aliphatic rings. The van der Waals surface area contributed by atoms with E-state index in [-0.39, 0.29) is 5.91 Å². The summed E-state index contributed by atoms with van der Waals surface area (Å²) in [6.45, 7) is 5.28. The largest absolute Gasteiger partial charge is 0.493 e. The molecule has 1 N–H and O–H groups in total. The van der Waals surface area contributed by atoms with E-state index in [4.69, 9.17) is 4.74 Å². The summed E-state index contributed by atoms with van der Waals surface area (Å²) in [5, 5.41) is 2.87. The van der Waals surface area contributed by atoms with E-state index in [0.717, 1.165) is 11.3 Å². The van der Waals surface area contributed by atoms with Gasteiger partial charge in [-0.1, -0.05) is 26.0 Å². The molecule has 1 aromatic heterocycles. The molecule has 4 nitrogen and oxygen atoms in total. The van der Waals surface area contributed by atoms with E-state index in [1.165, 1.54) is 0 Å². The lowest BCUT2D eigenvalue weighted by Crippen LogP contribution is -2.22. The first-order chi connectivity index (χ1) is 10.1. The van der Waals surface area contributed by atoms with E-state index in [9.17, 15) is 4.79 Å². The van der Waals surface area contributed by atoms with Crippen molar-refractivity contribution in [2.45, 2.75) is 20.4 Å². The molecule has 0 fully saturated rings. The van der Waals surface area contributed by atoms with E-state index < -0.39 is 0 Å². The number of benzene rings is 1. The quantitative estimate of drug-likeness (QED) is 0.887. The van der Waals surface area contributed by atoms with Crippen LogP contribution in [-0.2, 0) is 6.54 Å². The normalized spacial score (nSPS) is 10.4. The fourth-order valence-corrected chi connectivity index (χ4v) is 1.78. The molecule has 1 heterocycles. The monoisotopic (exact) mass is 284 g/mol. The van der Waals surface area contributed by atoms with Crippen molar-refractivity contribution in [2.75, 3.05) is 6.61 Å². The van der Waals surface area contributed by atoms with Gasteiger partial charge in [-0.25, -0.2) is 0 Å². The first-order valence-electron chi connectivity index (χ1n) is 7.05. The summed E-state index contributed by atoms with van der Waals surface area (Å²) in [6, 6.07) is 11.0. The van der Waals surface area contributed by atoms with Crippen LogP contribution >= 0.6 is 0 Å². The molecule has 2 rings (SSSR count). The number of ether oxygens (including phenoxy) is 1. The van der Waals surface area contributed by atoms with Crippen molar-refractivity contribution in [3.63, 3.8) is 0 Å². The number of pyridine rings is 1. The molecule has 21 heavy (non-hydrogen) atoms. The standard InChI is InChI=1S/C17H20N2O2/c1-13(2)12-21-16-7-3-6-15(9-16)17(20)19-11-14-5-4-8-18-10-14/h3-10,13H,11-12H2,1-2H3,(H,19,20). The third-order valence-electron chi connectivity index (χ3n) is 2.86. The highest BCUT2D eigenvalue weighted by Gasteiger charge is 2.07. The maximum absolute atomic E-state index is 12.1. The van der Waals surface area contributed by atoms with E-state index >= 15 is 0 Å². The van der Waals surface area contributed by atoms with Crippen molar-refractivity contribution in [3.8, 4) is 5.75 Å². The molecule has 0 aliphatic carbocycles. The van der Waals surface area contributed by atoms with Gasteiger partial charge < -0.3 is 10.1 Å². The Morgan fingerprint density at radius 3 is 2.86 bits per heavy atom. The fraction of sp³-hybridized carbons (Fsp3) is 0.294. The Bertz CT molecular complexity index is 582. The number of nitrogens with one attached hydrogen (secondary N) is 1. The van der Waals surface area contributed by atoms with Gasteiger partial charge in [-0.3, -0.25) is 9.78 Å². The number of aromatic nitrogens is 1. The predicted molar refractivity (Wildman–Crippen MR) is 82.2 cm³/mol. The van der Waals surface area contributed by atoms with Gasteiger partial charge in [0.25, 0.3) is 5.91 Å². The molecule has 2 aromatic rings. The van der Waals surface area contributed by atoms with Crippen LogP contribution < -0.4 is 10.1 Å². The molecular formula is C17H20N2O2. The molecule has 0 saturated heterocycles. The average molecular weight is 284 g/mol. The van der Waals surface area contributed by atoms with Gasteiger partial charge in [-0.05, 0) is 35.7 Å². The van der Waals surface area contributed by atoms with E-state index in [2.05, 4.69) is 24.1 Å². The highest BCUT2D eigenvalue weighted by Crippen LogP contribution is 2.14. The van der Waals surface area contributed by atoms with Gasteiger partial charge in [0, 0.05) is 24.5 Å². The molecule has 0 unspecified atom stereocenters. The van der Waals surface area contributed by atoms with Crippen molar-refractivity contribution in [3.05, 3.63) is 59.9 Å². The van der Waals surface area contributed by atoms with E-state index in [0.29, 0.717) is 24.6 Å². The van der Waals surface area contributed by atoms with Crippen LogP contribution in [0.15, 0.2) is 48.8 Å². The molecule has 0 atom stereocenters. The summed E-state index contributed by atoms with van der Waals surface area (Å²) in [5.41, 5.74) is 1.57. The number of nitrogens with zero attached hydrogens (tertiary/aromatic N) is 1. The number of carbonyl (C=O) groups excluding carboxylic acids is 1. The van der Waals surface area contributed by atoms with Gasteiger partial charge >= 0.3 is 0 Å². The van der Waals surface area contributed by atoms with Gasteiger partial charge in [-0.15, -0.1) is 0 Å². The third-order valence-corrected chi connectivity index (χ3v) is 2.86. The minimum Gasteiger partial charge on any atom is -0.493 e. The van der Waals surface area contributed by atoms with Crippen LogP contribution in [0.4, 0.5) is 0 Å². The van der Waals surface area contributed by atoms with Crippen molar-refractivity contribution >= 4 is 5.91 Å². The molecule has 1 amide bonds. The Morgan fingerprint density at radius 1 is 1.29 bits per heavy atom. The van der Waals surface area contributed by atoms with Crippen LogP contribution in [0, 0.1) is 5.92 Å². The van der Waals surface area contributed by atoms with Gasteiger partial charge in [0.15, 0.2) is 0 Å².